The van der Waals surface area contributed by atoms with Crippen molar-refractivity contribution in [2.75, 3.05) is 17.2 Å². The lowest BCUT2D eigenvalue weighted by molar-refractivity contribution is 0.689. The number of hydrogen-bond acceptors (Lipinski definition) is 6. The molecule has 0 unspecified atom stereocenters. The molecule has 0 saturated heterocycles. The first-order valence-electron chi connectivity index (χ1n) is 12.3. The Morgan fingerprint density at radius 2 is 1.74 bits per heavy atom. The van der Waals surface area contributed by atoms with Gasteiger partial charge in [-0.15, -0.1) is 0 Å². The molecule has 1 aliphatic carbocycles. The Kier molecular flexibility index (Phi) is 5.52. The molecule has 2 aromatic carbocycles. The van der Waals surface area contributed by atoms with Gasteiger partial charge in [0.25, 0.3) is 0 Å². The van der Waals surface area contributed by atoms with Crippen LogP contribution in [-0.4, -0.2) is 31.5 Å². The average molecular weight is 464 g/mol. The van der Waals surface area contributed by atoms with Crippen LogP contribution in [0.1, 0.15) is 40.9 Å². The van der Waals surface area contributed by atoms with Gasteiger partial charge in [-0.1, -0.05) is 30.3 Å². The van der Waals surface area contributed by atoms with E-state index in [1.807, 2.05) is 19.9 Å². The number of anilines is 3. The van der Waals surface area contributed by atoms with Crippen LogP contribution in [0, 0.1) is 13.8 Å². The van der Waals surface area contributed by atoms with E-state index in [4.69, 9.17) is 9.97 Å². The quantitative estimate of drug-likeness (QED) is 0.295. The molecule has 3 N–H and O–H groups in total. The molecule has 1 aliphatic rings. The summed E-state index contributed by atoms with van der Waals surface area (Å²) in [6.45, 7) is 4.79. The van der Waals surface area contributed by atoms with Crippen LogP contribution < -0.4 is 10.6 Å². The van der Waals surface area contributed by atoms with E-state index >= 15 is 0 Å². The number of aromatic amines is 1. The monoisotopic (exact) mass is 463 g/mol. The third kappa shape index (κ3) is 4.30. The number of rotatable bonds is 6. The van der Waals surface area contributed by atoms with Crippen molar-refractivity contribution in [3.63, 3.8) is 0 Å². The number of H-pyrrole nitrogens is 1. The first-order valence-corrected chi connectivity index (χ1v) is 12.3. The van der Waals surface area contributed by atoms with Gasteiger partial charge in [-0.25, -0.2) is 15.0 Å². The van der Waals surface area contributed by atoms with Gasteiger partial charge < -0.3 is 10.3 Å². The largest absolute Gasteiger partial charge is 0.370 e. The standard InChI is InChI=1S/C28H29N7/c1-17-15-25(29-14-13-20-16-30-24-10-6-5-8-22(20)24)33-27(31-17)35-28-32-18(2)21-12-11-19-7-3-4-9-23(19)26(21)34-28/h5-6,8,10-12,15-16,30H,3-4,7,9,13-14H2,1-2H3,(H2,29,31,32,33,34,35). The minimum absolute atomic E-state index is 0.503. The maximum Gasteiger partial charge on any atom is 0.231 e. The second-order valence-corrected chi connectivity index (χ2v) is 9.32. The molecule has 0 aliphatic heterocycles. The van der Waals surface area contributed by atoms with E-state index in [-0.39, 0.29) is 0 Å². The molecule has 0 radical (unpaired) electrons. The zero-order valence-electron chi connectivity index (χ0n) is 20.2. The number of fused-ring (bicyclic) bond motifs is 4. The van der Waals surface area contributed by atoms with Gasteiger partial charge in [0, 0.05) is 40.8 Å². The van der Waals surface area contributed by atoms with Crippen LogP contribution >= 0.6 is 0 Å². The van der Waals surface area contributed by atoms with Crippen LogP contribution in [0.3, 0.4) is 0 Å². The lowest BCUT2D eigenvalue weighted by atomic mass is 9.89. The summed E-state index contributed by atoms with van der Waals surface area (Å²) in [5.74, 6) is 1.84. The zero-order valence-corrected chi connectivity index (χ0v) is 20.2. The van der Waals surface area contributed by atoms with Crippen LogP contribution in [0.4, 0.5) is 17.7 Å². The summed E-state index contributed by atoms with van der Waals surface area (Å²) in [6, 6.07) is 14.8. The van der Waals surface area contributed by atoms with Crippen molar-refractivity contribution in [2.24, 2.45) is 0 Å². The molecular formula is C28H29N7. The van der Waals surface area contributed by atoms with E-state index < -0.39 is 0 Å². The molecular weight excluding hydrogens is 434 g/mol. The minimum atomic E-state index is 0.503. The highest BCUT2D eigenvalue weighted by Crippen LogP contribution is 2.30. The van der Waals surface area contributed by atoms with Crippen LogP contribution in [0.5, 0.6) is 0 Å². The van der Waals surface area contributed by atoms with Gasteiger partial charge in [0.1, 0.15) is 5.82 Å². The van der Waals surface area contributed by atoms with Crippen molar-refractivity contribution >= 4 is 39.5 Å². The van der Waals surface area contributed by atoms with Crippen LogP contribution in [0.25, 0.3) is 21.8 Å². The fraction of sp³-hybridized carbons (Fsp3) is 0.286. The predicted octanol–water partition coefficient (Wildman–Crippen LogP) is 5.79. The van der Waals surface area contributed by atoms with Crippen molar-refractivity contribution in [1.82, 2.24) is 24.9 Å². The molecule has 0 fully saturated rings. The number of aryl methyl sites for hydroxylation is 4. The maximum atomic E-state index is 4.90. The fourth-order valence-electron chi connectivity index (χ4n) is 5.11. The van der Waals surface area contributed by atoms with Crippen molar-refractivity contribution in [1.29, 1.82) is 0 Å². The van der Waals surface area contributed by atoms with Gasteiger partial charge in [-0.3, -0.25) is 5.32 Å². The van der Waals surface area contributed by atoms with Crippen molar-refractivity contribution < 1.29 is 0 Å². The molecule has 7 heteroatoms. The molecule has 0 bridgehead atoms. The topological polar surface area (TPSA) is 91.4 Å². The number of hydrogen-bond donors (Lipinski definition) is 3. The van der Waals surface area contributed by atoms with E-state index in [1.165, 1.54) is 40.4 Å². The molecule has 5 aromatic rings. The van der Waals surface area contributed by atoms with Crippen LogP contribution in [-0.2, 0) is 19.3 Å². The Morgan fingerprint density at radius 3 is 2.69 bits per heavy atom. The molecule has 6 rings (SSSR count). The highest BCUT2D eigenvalue weighted by Gasteiger charge is 2.16. The second kappa shape index (κ2) is 8.98. The molecule has 35 heavy (non-hydrogen) atoms. The summed E-state index contributed by atoms with van der Waals surface area (Å²) >= 11 is 0. The average Bonchev–Trinajstić information content (AvgIpc) is 3.27. The van der Waals surface area contributed by atoms with E-state index in [9.17, 15) is 0 Å². The number of benzene rings is 2. The van der Waals surface area contributed by atoms with Gasteiger partial charge in [0.2, 0.25) is 11.9 Å². The van der Waals surface area contributed by atoms with Gasteiger partial charge in [0.15, 0.2) is 0 Å². The lowest BCUT2D eigenvalue weighted by Crippen LogP contribution is -2.10. The molecule has 3 aromatic heterocycles. The predicted molar refractivity (Wildman–Crippen MR) is 141 cm³/mol. The number of aromatic nitrogens is 5. The Morgan fingerprint density at radius 1 is 0.886 bits per heavy atom. The van der Waals surface area contributed by atoms with E-state index in [0.29, 0.717) is 11.9 Å². The first-order chi connectivity index (χ1) is 17.1. The Hall–Kier alpha value is -4.00. The van der Waals surface area contributed by atoms with E-state index in [2.05, 4.69) is 68.2 Å². The highest BCUT2D eigenvalue weighted by molar-refractivity contribution is 5.86. The van der Waals surface area contributed by atoms with Crippen molar-refractivity contribution in [2.45, 2.75) is 46.0 Å². The summed E-state index contributed by atoms with van der Waals surface area (Å²) in [6.07, 6.45) is 7.66. The van der Waals surface area contributed by atoms with Gasteiger partial charge in [0.05, 0.1) is 11.2 Å². The fourth-order valence-corrected chi connectivity index (χ4v) is 5.11. The van der Waals surface area contributed by atoms with Crippen molar-refractivity contribution in [3.05, 3.63) is 76.7 Å². The summed E-state index contributed by atoms with van der Waals surface area (Å²) < 4.78 is 0. The summed E-state index contributed by atoms with van der Waals surface area (Å²) in [7, 11) is 0. The third-order valence-electron chi connectivity index (χ3n) is 6.84. The third-order valence-corrected chi connectivity index (χ3v) is 6.84. The lowest BCUT2D eigenvalue weighted by Gasteiger charge is -2.18. The zero-order chi connectivity index (χ0) is 23.8. The molecule has 0 saturated carbocycles. The molecule has 0 spiro atoms. The minimum Gasteiger partial charge on any atom is -0.370 e. The SMILES string of the molecule is Cc1cc(NCCc2c[nH]c3ccccc23)nc(Nc2nc(C)c3ccc4c(c3n2)CCCC4)n1. The number of para-hydroxylation sites is 1. The van der Waals surface area contributed by atoms with E-state index in [0.717, 1.165) is 53.9 Å². The van der Waals surface area contributed by atoms with Crippen LogP contribution in [0.15, 0.2) is 48.7 Å². The van der Waals surface area contributed by atoms with E-state index in [1.54, 1.807) is 0 Å². The van der Waals surface area contributed by atoms with Gasteiger partial charge in [-0.2, -0.15) is 4.98 Å². The Balaban J connectivity index is 1.22. The molecule has 0 amide bonds. The molecule has 0 atom stereocenters. The highest BCUT2D eigenvalue weighted by atomic mass is 15.2. The summed E-state index contributed by atoms with van der Waals surface area (Å²) in [5.41, 5.74) is 8.15. The molecule has 176 valence electrons. The van der Waals surface area contributed by atoms with Gasteiger partial charge >= 0.3 is 0 Å². The van der Waals surface area contributed by atoms with Crippen LogP contribution in [0.2, 0.25) is 0 Å². The molecule has 3 heterocycles. The maximum absolute atomic E-state index is 4.90. The van der Waals surface area contributed by atoms with Gasteiger partial charge in [-0.05, 0) is 68.7 Å². The summed E-state index contributed by atoms with van der Waals surface area (Å²) in [5, 5.41) is 9.11. The van der Waals surface area contributed by atoms with Crippen molar-refractivity contribution in [3.8, 4) is 0 Å². The second-order valence-electron chi connectivity index (χ2n) is 9.32. The Labute approximate surface area is 204 Å². The normalized spacial score (nSPS) is 13.2. The summed E-state index contributed by atoms with van der Waals surface area (Å²) in [4.78, 5) is 22.2. The smallest absolute Gasteiger partial charge is 0.231 e. The Bertz CT molecular complexity index is 1540. The number of nitrogens with zero attached hydrogens (tertiary/aromatic N) is 4. The number of nitrogens with one attached hydrogen (secondary N) is 3. The first kappa shape index (κ1) is 21.5. The molecule has 7 nitrogen and oxygen atoms in total.